The summed E-state index contributed by atoms with van der Waals surface area (Å²) in [5, 5.41) is 22.0. The summed E-state index contributed by atoms with van der Waals surface area (Å²) in [7, 11) is 2.13. The van der Waals surface area contributed by atoms with E-state index in [9.17, 15) is 9.90 Å². The van der Waals surface area contributed by atoms with Crippen molar-refractivity contribution < 1.29 is 19.1 Å². The molecule has 5 rings (SSSR count). The largest absolute Gasteiger partial charge is 0.484 e. The highest BCUT2D eigenvalue weighted by Gasteiger charge is 2.35. The summed E-state index contributed by atoms with van der Waals surface area (Å²) >= 11 is 6.68. The first-order valence-corrected chi connectivity index (χ1v) is 15.5. The molecule has 11 heteroatoms. The van der Waals surface area contributed by atoms with Gasteiger partial charge in [-0.2, -0.15) is 0 Å². The number of amides is 1. The predicted molar refractivity (Wildman–Crippen MR) is 157 cm³/mol. The van der Waals surface area contributed by atoms with Crippen molar-refractivity contribution in [2.24, 2.45) is 5.92 Å². The minimum atomic E-state index is -0.648. The van der Waals surface area contributed by atoms with E-state index in [1.807, 2.05) is 12.1 Å². The summed E-state index contributed by atoms with van der Waals surface area (Å²) < 4.78 is 11.1. The summed E-state index contributed by atoms with van der Waals surface area (Å²) in [6.07, 6.45) is 9.73. The van der Waals surface area contributed by atoms with Crippen molar-refractivity contribution in [1.82, 2.24) is 30.7 Å². The Hall–Kier alpha value is -2.21. The zero-order valence-electron chi connectivity index (χ0n) is 24.3. The van der Waals surface area contributed by atoms with Crippen molar-refractivity contribution in [2.45, 2.75) is 89.5 Å². The first kappa shape index (κ1) is 30.3. The zero-order valence-corrected chi connectivity index (χ0v) is 25.0. The van der Waals surface area contributed by atoms with Gasteiger partial charge in [0.2, 0.25) is 5.91 Å². The molecule has 4 N–H and O–H groups in total. The van der Waals surface area contributed by atoms with Gasteiger partial charge in [-0.25, -0.2) is 4.98 Å². The molecular weight excluding hydrogens is 544 g/mol. The summed E-state index contributed by atoms with van der Waals surface area (Å²) in [6, 6.07) is 4.47. The second-order valence-corrected chi connectivity index (χ2v) is 12.2. The Morgan fingerprint density at radius 2 is 2.22 bits per heavy atom. The molecular formula is C30H45ClN6O4. The van der Waals surface area contributed by atoms with Crippen LogP contribution in [-0.2, 0) is 24.4 Å². The molecule has 1 aliphatic carbocycles. The predicted octanol–water partition coefficient (Wildman–Crippen LogP) is 2.88. The Kier molecular flexibility index (Phi) is 10.6. The third-order valence-corrected chi connectivity index (χ3v) is 9.07. The number of halogens is 1. The molecule has 41 heavy (non-hydrogen) atoms. The molecule has 10 nitrogen and oxygen atoms in total. The van der Waals surface area contributed by atoms with E-state index in [1.165, 1.54) is 25.7 Å². The fourth-order valence-electron chi connectivity index (χ4n) is 6.13. The Balaban J connectivity index is 1.09. The number of hydrogen-bond donors (Lipinski definition) is 4. The van der Waals surface area contributed by atoms with Crippen LogP contribution < -0.4 is 20.7 Å². The number of benzene rings is 1. The van der Waals surface area contributed by atoms with E-state index in [-0.39, 0.29) is 37.3 Å². The van der Waals surface area contributed by atoms with Crippen LogP contribution in [0.2, 0.25) is 5.02 Å². The number of hydrogen-bond acceptors (Lipinski definition) is 9. The number of carbonyl (C=O) groups excluding carboxylic acids is 1. The average molecular weight is 589 g/mol. The third-order valence-electron chi connectivity index (χ3n) is 8.65. The number of oxazole rings is 1. The lowest BCUT2D eigenvalue weighted by Crippen LogP contribution is -2.62. The van der Waals surface area contributed by atoms with E-state index < -0.39 is 6.10 Å². The summed E-state index contributed by atoms with van der Waals surface area (Å²) in [4.78, 5) is 21.7. The topological polar surface area (TPSA) is 115 Å². The highest BCUT2D eigenvalue weighted by Crippen LogP contribution is 2.34. The number of aliphatic hydroxyl groups excluding tert-OH is 1. The van der Waals surface area contributed by atoms with Gasteiger partial charge in [0.25, 0.3) is 0 Å². The number of ether oxygens (including phenoxy) is 1. The number of nitrogens with one attached hydrogen (secondary N) is 3. The molecule has 2 aliphatic heterocycles. The molecule has 1 aromatic carbocycles. The van der Waals surface area contributed by atoms with Gasteiger partial charge in [0.1, 0.15) is 12.4 Å². The molecule has 2 fully saturated rings. The van der Waals surface area contributed by atoms with Crippen LogP contribution in [0, 0.1) is 5.92 Å². The molecule has 1 saturated carbocycles. The maximum Gasteiger partial charge on any atom is 0.223 e. The van der Waals surface area contributed by atoms with Crippen molar-refractivity contribution in [1.29, 1.82) is 0 Å². The van der Waals surface area contributed by atoms with Crippen molar-refractivity contribution in [3.05, 3.63) is 46.6 Å². The Morgan fingerprint density at radius 3 is 2.95 bits per heavy atom. The highest BCUT2D eigenvalue weighted by atomic mass is 35.5. The monoisotopic (exact) mass is 588 g/mol. The SMILES string of the molecule is CCCN(C)C1CC(C(=O)NC[C@H](O)CN2CCc3c(ccc(OCc4cnco4)c3Cl)C2)CC(NC2CCC2)N1. The highest BCUT2D eigenvalue weighted by molar-refractivity contribution is 6.33. The van der Waals surface area contributed by atoms with Crippen molar-refractivity contribution >= 4 is 17.5 Å². The van der Waals surface area contributed by atoms with Crippen molar-refractivity contribution in [3.63, 3.8) is 0 Å². The van der Waals surface area contributed by atoms with E-state index in [2.05, 4.69) is 44.7 Å². The maximum atomic E-state index is 13.3. The molecule has 3 aliphatic rings. The van der Waals surface area contributed by atoms with Gasteiger partial charge in [-0.3, -0.25) is 25.2 Å². The van der Waals surface area contributed by atoms with Gasteiger partial charge in [-0.15, -0.1) is 0 Å². The molecule has 226 valence electrons. The second-order valence-electron chi connectivity index (χ2n) is 11.8. The lowest BCUT2D eigenvalue weighted by atomic mass is 9.89. The van der Waals surface area contributed by atoms with Crippen LogP contribution in [0.15, 0.2) is 29.1 Å². The number of fused-ring (bicyclic) bond motifs is 1. The molecule has 3 unspecified atom stereocenters. The lowest BCUT2D eigenvalue weighted by Gasteiger charge is -2.43. The number of aliphatic hydroxyl groups is 1. The zero-order chi connectivity index (χ0) is 28.8. The van der Waals surface area contributed by atoms with Crippen LogP contribution in [0.1, 0.15) is 62.3 Å². The molecule has 1 amide bonds. The second kappa shape index (κ2) is 14.3. The first-order valence-electron chi connectivity index (χ1n) is 15.1. The normalized spacial score (nSPS) is 24.1. The molecule has 0 spiro atoms. The molecule has 3 heterocycles. The van der Waals surface area contributed by atoms with Crippen LogP contribution in [0.25, 0.3) is 0 Å². The average Bonchev–Trinajstić information content (AvgIpc) is 3.47. The molecule has 0 radical (unpaired) electrons. The minimum absolute atomic E-state index is 0.0366. The van der Waals surface area contributed by atoms with Crippen LogP contribution in [-0.4, -0.2) is 83.5 Å². The van der Waals surface area contributed by atoms with Gasteiger partial charge >= 0.3 is 0 Å². The van der Waals surface area contributed by atoms with Gasteiger partial charge in [-0.1, -0.05) is 31.0 Å². The van der Waals surface area contributed by atoms with E-state index in [4.69, 9.17) is 20.8 Å². The van der Waals surface area contributed by atoms with Gasteiger partial charge in [0.05, 0.1) is 29.7 Å². The van der Waals surface area contributed by atoms with Crippen LogP contribution in [0.5, 0.6) is 5.75 Å². The van der Waals surface area contributed by atoms with Gasteiger partial charge in [-0.05, 0) is 69.3 Å². The molecule has 1 aromatic heterocycles. The Bertz CT molecular complexity index is 1130. The Morgan fingerprint density at radius 1 is 1.37 bits per heavy atom. The van der Waals surface area contributed by atoms with Crippen LogP contribution in [0.4, 0.5) is 0 Å². The fourth-order valence-corrected chi connectivity index (χ4v) is 6.46. The number of carbonyl (C=O) groups is 1. The molecule has 0 bridgehead atoms. The van der Waals surface area contributed by atoms with E-state index in [0.29, 0.717) is 35.7 Å². The van der Waals surface area contributed by atoms with Crippen molar-refractivity contribution in [2.75, 3.05) is 33.2 Å². The fraction of sp³-hybridized carbons (Fsp3) is 0.667. The van der Waals surface area contributed by atoms with Crippen LogP contribution in [0.3, 0.4) is 0 Å². The third kappa shape index (κ3) is 8.00. The summed E-state index contributed by atoms with van der Waals surface area (Å²) in [5.41, 5.74) is 2.21. The molecule has 1 saturated heterocycles. The summed E-state index contributed by atoms with van der Waals surface area (Å²) in [6.45, 7) is 5.64. The molecule has 2 aromatic rings. The number of rotatable bonds is 13. The smallest absolute Gasteiger partial charge is 0.223 e. The number of nitrogens with zero attached hydrogens (tertiary/aromatic N) is 3. The van der Waals surface area contributed by atoms with E-state index in [0.717, 1.165) is 49.9 Å². The van der Waals surface area contributed by atoms with E-state index >= 15 is 0 Å². The quantitative estimate of drug-likeness (QED) is 0.280. The van der Waals surface area contributed by atoms with Gasteiger partial charge < -0.3 is 19.6 Å². The number of piperidine rings is 1. The molecule has 4 atom stereocenters. The maximum absolute atomic E-state index is 13.3. The van der Waals surface area contributed by atoms with Gasteiger partial charge in [0, 0.05) is 38.1 Å². The lowest BCUT2D eigenvalue weighted by molar-refractivity contribution is -0.128. The van der Waals surface area contributed by atoms with E-state index in [1.54, 1.807) is 6.20 Å². The van der Waals surface area contributed by atoms with Gasteiger partial charge in [0.15, 0.2) is 12.2 Å². The van der Waals surface area contributed by atoms with Crippen molar-refractivity contribution in [3.8, 4) is 5.75 Å². The minimum Gasteiger partial charge on any atom is -0.484 e. The summed E-state index contributed by atoms with van der Waals surface area (Å²) in [5.74, 6) is 1.22. The first-order chi connectivity index (χ1) is 19.9. The van der Waals surface area contributed by atoms with Crippen LogP contribution >= 0.6 is 11.6 Å². The standard InChI is InChI=1S/C30H45ClN6O4/c1-3-10-36(2)28-13-21(12-27(35-28)34-22-5-4-6-22)30(39)33-14-23(38)17-37-11-9-25-20(16-37)7-8-26(29(25)31)40-18-24-15-32-19-41-24/h7-8,15,19,21-23,27-28,34-35,38H,3-6,9-14,16-18H2,1-2H3,(H,33,39)/t21?,23-,27?,28?/m0/s1. The Labute approximate surface area is 248 Å². The number of aromatic nitrogens is 1. The number of β-amino-alcohol motifs (C(OH)–C–C–N with tert-alkyl or cyclic N) is 1.